The highest BCUT2D eigenvalue weighted by Gasteiger charge is 2.32. The van der Waals surface area contributed by atoms with Crippen LogP contribution in [0, 0.1) is 0 Å². The lowest BCUT2D eigenvalue weighted by molar-refractivity contribution is -0.00461. The molecule has 5 nitrogen and oxygen atoms in total. The maximum atomic E-state index is 11.4. The van der Waals surface area contributed by atoms with Gasteiger partial charge in [0.2, 0.25) is 0 Å². The van der Waals surface area contributed by atoms with Gasteiger partial charge in [-0.2, -0.15) is 0 Å². The zero-order chi connectivity index (χ0) is 14.5. The van der Waals surface area contributed by atoms with E-state index >= 15 is 0 Å². The third kappa shape index (κ3) is 3.36. The summed E-state index contributed by atoms with van der Waals surface area (Å²) in [5.74, 6) is -0.309. The van der Waals surface area contributed by atoms with Crippen molar-refractivity contribution in [3.8, 4) is 0 Å². The van der Waals surface area contributed by atoms with Crippen molar-refractivity contribution in [1.82, 2.24) is 4.90 Å². The summed E-state index contributed by atoms with van der Waals surface area (Å²) in [5, 5.41) is 0. The Balaban J connectivity index is 1.96. The first-order valence-electron chi connectivity index (χ1n) is 6.63. The van der Waals surface area contributed by atoms with E-state index in [9.17, 15) is 4.79 Å². The maximum Gasteiger partial charge on any atom is 0.337 e. The molecule has 0 aromatic heterocycles. The first kappa shape index (κ1) is 15.0. The minimum Gasteiger partial charge on any atom is -0.465 e. The molecule has 20 heavy (non-hydrogen) atoms. The van der Waals surface area contributed by atoms with E-state index in [2.05, 4.69) is 9.64 Å². The van der Waals surface area contributed by atoms with Gasteiger partial charge in [0.1, 0.15) is 0 Å². The molecule has 0 spiro atoms. The third-order valence-corrected chi connectivity index (χ3v) is 3.68. The van der Waals surface area contributed by atoms with Gasteiger partial charge in [0.15, 0.2) is 0 Å². The molecule has 1 aliphatic heterocycles. The Morgan fingerprint density at radius 3 is 2.10 bits per heavy atom. The number of carbonyl (C=O) groups excluding carboxylic acids is 1. The van der Waals surface area contributed by atoms with Crippen LogP contribution in [-0.2, 0) is 20.8 Å². The number of methoxy groups -OCH3 is 3. The molecule has 0 saturated carbocycles. The van der Waals surface area contributed by atoms with Gasteiger partial charge in [-0.1, -0.05) is 12.1 Å². The molecule has 1 fully saturated rings. The van der Waals surface area contributed by atoms with E-state index in [0.717, 1.165) is 25.2 Å². The van der Waals surface area contributed by atoms with E-state index in [0.29, 0.717) is 5.56 Å². The highest BCUT2D eigenvalue weighted by Crippen LogP contribution is 2.18. The monoisotopic (exact) mass is 279 g/mol. The molecule has 0 unspecified atom stereocenters. The molecule has 0 N–H and O–H groups in total. The molecule has 1 aromatic carbocycles. The van der Waals surface area contributed by atoms with Crippen LogP contribution in [0.4, 0.5) is 0 Å². The van der Waals surface area contributed by atoms with Crippen molar-refractivity contribution >= 4 is 5.97 Å². The van der Waals surface area contributed by atoms with Gasteiger partial charge in [-0.25, -0.2) is 4.79 Å². The largest absolute Gasteiger partial charge is 0.465 e. The molecular formula is C15H21NO4. The Morgan fingerprint density at radius 1 is 1.10 bits per heavy atom. The van der Waals surface area contributed by atoms with Gasteiger partial charge < -0.3 is 14.2 Å². The van der Waals surface area contributed by atoms with Crippen molar-refractivity contribution in [1.29, 1.82) is 0 Å². The minimum absolute atomic E-state index is 0.120. The van der Waals surface area contributed by atoms with Crippen LogP contribution in [0.25, 0.3) is 0 Å². The summed E-state index contributed by atoms with van der Waals surface area (Å²) < 4.78 is 15.5. The van der Waals surface area contributed by atoms with Gasteiger partial charge >= 0.3 is 5.97 Å². The quantitative estimate of drug-likeness (QED) is 0.761. The fourth-order valence-electron chi connectivity index (χ4n) is 2.52. The summed E-state index contributed by atoms with van der Waals surface area (Å²) >= 11 is 0. The van der Waals surface area contributed by atoms with Crippen molar-refractivity contribution in [3.63, 3.8) is 0 Å². The van der Waals surface area contributed by atoms with E-state index in [1.807, 2.05) is 12.1 Å². The summed E-state index contributed by atoms with van der Waals surface area (Å²) in [6, 6.07) is 7.49. The lowest BCUT2D eigenvalue weighted by Crippen LogP contribution is -2.27. The predicted molar refractivity (Wildman–Crippen MR) is 74.7 cm³/mol. The molecule has 0 bridgehead atoms. The molecule has 0 amide bonds. The van der Waals surface area contributed by atoms with Crippen LogP contribution in [0.3, 0.4) is 0 Å². The Morgan fingerprint density at radius 2 is 1.65 bits per heavy atom. The smallest absolute Gasteiger partial charge is 0.337 e. The number of esters is 1. The number of nitrogens with zero attached hydrogens (tertiary/aromatic N) is 1. The van der Waals surface area contributed by atoms with Crippen molar-refractivity contribution in [2.75, 3.05) is 34.4 Å². The molecule has 1 saturated heterocycles. The standard InChI is InChI=1S/C15H21NO4/c1-18-13-9-16(10-14(13)19-2)8-11-4-6-12(7-5-11)15(17)20-3/h4-7,13-14H,8-10H2,1-3H3/t13-,14-/m1/s1. The second kappa shape index (κ2) is 6.83. The zero-order valence-electron chi connectivity index (χ0n) is 12.2. The van der Waals surface area contributed by atoms with E-state index in [4.69, 9.17) is 9.47 Å². The third-order valence-electron chi connectivity index (χ3n) is 3.68. The first-order chi connectivity index (χ1) is 9.67. The van der Waals surface area contributed by atoms with Gasteiger partial charge in [-0.15, -0.1) is 0 Å². The molecule has 1 heterocycles. The van der Waals surface area contributed by atoms with Gasteiger partial charge in [-0.05, 0) is 17.7 Å². The van der Waals surface area contributed by atoms with E-state index in [-0.39, 0.29) is 18.2 Å². The van der Waals surface area contributed by atoms with Crippen LogP contribution in [-0.4, -0.2) is 57.5 Å². The predicted octanol–water partition coefficient (Wildman–Crippen LogP) is 1.32. The van der Waals surface area contributed by atoms with Crippen LogP contribution < -0.4 is 0 Å². The second-order valence-corrected chi connectivity index (χ2v) is 4.93. The van der Waals surface area contributed by atoms with Crippen LogP contribution in [0.5, 0.6) is 0 Å². The van der Waals surface area contributed by atoms with Crippen LogP contribution in [0.15, 0.2) is 24.3 Å². The summed E-state index contributed by atoms with van der Waals surface area (Å²) in [7, 11) is 4.81. The Bertz CT molecular complexity index is 434. The Kier molecular flexibility index (Phi) is 5.11. The molecular weight excluding hydrogens is 258 g/mol. The average Bonchev–Trinajstić information content (AvgIpc) is 2.89. The first-order valence-corrected chi connectivity index (χ1v) is 6.63. The SMILES string of the molecule is COC(=O)c1ccc(CN2C[C@@H](OC)[C@H](OC)C2)cc1. The lowest BCUT2D eigenvalue weighted by Gasteiger charge is -2.15. The van der Waals surface area contributed by atoms with E-state index < -0.39 is 0 Å². The molecule has 2 rings (SSSR count). The Hall–Kier alpha value is -1.43. The van der Waals surface area contributed by atoms with Crippen LogP contribution >= 0.6 is 0 Å². The number of hydrogen-bond donors (Lipinski definition) is 0. The molecule has 110 valence electrons. The van der Waals surface area contributed by atoms with E-state index in [1.54, 1.807) is 26.4 Å². The van der Waals surface area contributed by atoms with Crippen LogP contribution in [0.2, 0.25) is 0 Å². The Labute approximate surface area is 119 Å². The number of benzene rings is 1. The van der Waals surface area contributed by atoms with Gasteiger partial charge in [0, 0.05) is 33.9 Å². The van der Waals surface area contributed by atoms with E-state index in [1.165, 1.54) is 7.11 Å². The summed E-state index contributed by atoms with van der Waals surface area (Å²) in [6.45, 7) is 2.53. The zero-order valence-corrected chi connectivity index (χ0v) is 12.2. The number of carbonyl (C=O) groups is 1. The van der Waals surface area contributed by atoms with Crippen molar-refractivity contribution in [2.24, 2.45) is 0 Å². The fraction of sp³-hybridized carbons (Fsp3) is 0.533. The molecule has 0 radical (unpaired) electrons. The van der Waals surface area contributed by atoms with Gasteiger partial charge in [-0.3, -0.25) is 4.90 Å². The molecule has 1 aliphatic rings. The normalized spacial score (nSPS) is 22.9. The number of ether oxygens (including phenoxy) is 3. The lowest BCUT2D eigenvalue weighted by atomic mass is 10.1. The highest BCUT2D eigenvalue weighted by molar-refractivity contribution is 5.89. The molecule has 5 heteroatoms. The summed E-state index contributed by atoms with van der Waals surface area (Å²) in [5.41, 5.74) is 1.73. The number of hydrogen-bond acceptors (Lipinski definition) is 5. The maximum absolute atomic E-state index is 11.4. The summed E-state index contributed by atoms with van der Waals surface area (Å²) in [6.07, 6.45) is 0.240. The summed E-state index contributed by atoms with van der Waals surface area (Å²) in [4.78, 5) is 13.7. The molecule has 1 aromatic rings. The average molecular weight is 279 g/mol. The molecule has 2 atom stereocenters. The minimum atomic E-state index is -0.309. The van der Waals surface area contributed by atoms with Gasteiger partial charge in [0.25, 0.3) is 0 Å². The topological polar surface area (TPSA) is 48.0 Å². The highest BCUT2D eigenvalue weighted by atomic mass is 16.5. The molecule has 0 aliphatic carbocycles. The van der Waals surface area contributed by atoms with Crippen molar-refractivity contribution in [3.05, 3.63) is 35.4 Å². The fourth-order valence-corrected chi connectivity index (χ4v) is 2.52. The second-order valence-electron chi connectivity index (χ2n) is 4.93. The van der Waals surface area contributed by atoms with Crippen molar-refractivity contribution in [2.45, 2.75) is 18.8 Å². The number of likely N-dealkylation sites (tertiary alicyclic amines) is 1. The van der Waals surface area contributed by atoms with Crippen molar-refractivity contribution < 1.29 is 19.0 Å². The van der Waals surface area contributed by atoms with Gasteiger partial charge in [0.05, 0.1) is 24.9 Å². The number of rotatable bonds is 5. The van der Waals surface area contributed by atoms with Crippen LogP contribution in [0.1, 0.15) is 15.9 Å².